The molecule has 0 radical (unpaired) electrons. The lowest BCUT2D eigenvalue weighted by atomic mass is 10.1. The third kappa shape index (κ3) is 2.28. The molecule has 3 aromatic rings. The summed E-state index contributed by atoms with van der Waals surface area (Å²) in [4.78, 5) is 26.8. The number of nitrogens with zero attached hydrogens (tertiary/aromatic N) is 3. The molecule has 0 N–H and O–H groups in total. The molecule has 0 saturated carbocycles. The second-order valence-electron chi connectivity index (χ2n) is 5.68. The Hall–Kier alpha value is -3.28. The molecule has 0 bridgehead atoms. The molecule has 0 unspecified atom stereocenters. The predicted molar refractivity (Wildman–Crippen MR) is 91.6 cm³/mol. The molecular weight excluding hydrogens is 306 g/mol. The maximum atomic E-state index is 12.2. The number of hydrogen-bond acceptors (Lipinski definition) is 4. The third-order valence-corrected chi connectivity index (χ3v) is 4.23. The molecule has 1 aliphatic rings. The van der Waals surface area contributed by atoms with E-state index < -0.39 is 4.92 Å². The molecule has 24 heavy (non-hydrogen) atoms. The van der Waals surface area contributed by atoms with Gasteiger partial charge in [-0.15, -0.1) is 0 Å². The summed E-state index contributed by atoms with van der Waals surface area (Å²) in [6.45, 7) is 0.766. The number of nitro benzene ring substituents is 1. The van der Waals surface area contributed by atoms with Crippen molar-refractivity contribution in [3.63, 3.8) is 0 Å². The molecule has 0 spiro atoms. The number of nitro groups is 1. The second-order valence-corrected chi connectivity index (χ2v) is 5.68. The van der Waals surface area contributed by atoms with Gasteiger partial charge in [0.15, 0.2) is 0 Å². The number of benzene rings is 2. The van der Waals surface area contributed by atoms with Gasteiger partial charge in [-0.25, -0.2) is 0 Å². The van der Waals surface area contributed by atoms with Gasteiger partial charge < -0.3 is 4.57 Å². The van der Waals surface area contributed by atoms with Crippen LogP contribution < -0.4 is 5.56 Å². The van der Waals surface area contributed by atoms with Gasteiger partial charge in [-0.1, -0.05) is 12.1 Å². The zero-order valence-electron chi connectivity index (χ0n) is 12.7. The van der Waals surface area contributed by atoms with Crippen molar-refractivity contribution in [1.29, 1.82) is 0 Å². The average Bonchev–Trinajstić information content (AvgIpc) is 2.98. The number of aromatic nitrogens is 2. The summed E-state index contributed by atoms with van der Waals surface area (Å²) < 4.78 is 2.05. The minimum Gasteiger partial charge on any atom is -0.325 e. The van der Waals surface area contributed by atoms with Crippen molar-refractivity contribution in [2.24, 2.45) is 0 Å². The van der Waals surface area contributed by atoms with Crippen LogP contribution in [0.5, 0.6) is 0 Å². The fourth-order valence-corrected chi connectivity index (χ4v) is 3.07. The van der Waals surface area contributed by atoms with E-state index in [1.165, 1.54) is 12.1 Å². The first kappa shape index (κ1) is 14.3. The van der Waals surface area contributed by atoms with Gasteiger partial charge in [0.2, 0.25) is 0 Å². The van der Waals surface area contributed by atoms with E-state index >= 15 is 0 Å². The lowest BCUT2D eigenvalue weighted by Crippen LogP contribution is -2.14. The van der Waals surface area contributed by atoms with Gasteiger partial charge in [0.05, 0.1) is 15.8 Å². The van der Waals surface area contributed by atoms with Crippen LogP contribution in [0.2, 0.25) is 0 Å². The molecule has 0 aliphatic carbocycles. The predicted octanol–water partition coefficient (Wildman–Crippen LogP) is 3.25. The Morgan fingerprint density at radius 3 is 2.62 bits per heavy atom. The smallest absolute Gasteiger partial charge is 0.281 e. The third-order valence-electron chi connectivity index (χ3n) is 4.23. The first-order valence-corrected chi connectivity index (χ1v) is 7.58. The number of para-hydroxylation sites is 1. The van der Waals surface area contributed by atoms with Crippen molar-refractivity contribution in [2.75, 3.05) is 0 Å². The van der Waals surface area contributed by atoms with Crippen molar-refractivity contribution in [3.8, 4) is 0 Å². The molecule has 0 fully saturated rings. The highest BCUT2D eigenvalue weighted by Gasteiger charge is 2.20. The lowest BCUT2D eigenvalue weighted by Gasteiger charge is -2.07. The maximum absolute atomic E-state index is 12.2. The minimum absolute atomic E-state index is 0.0595. The summed E-state index contributed by atoms with van der Waals surface area (Å²) in [5, 5.41) is 11.3. The molecular formula is C18H13N3O3. The number of non-ortho nitro benzene ring substituents is 1. The van der Waals surface area contributed by atoms with Crippen LogP contribution in [0.3, 0.4) is 0 Å². The fourth-order valence-electron chi connectivity index (χ4n) is 3.07. The minimum atomic E-state index is -0.422. The summed E-state index contributed by atoms with van der Waals surface area (Å²) in [6, 6.07) is 13.8. The molecule has 2 aromatic carbocycles. The average molecular weight is 319 g/mol. The van der Waals surface area contributed by atoms with E-state index in [1.807, 2.05) is 28.8 Å². The van der Waals surface area contributed by atoms with Gasteiger partial charge in [-0.3, -0.25) is 14.9 Å². The molecule has 0 amide bonds. The summed E-state index contributed by atoms with van der Waals surface area (Å²) in [7, 11) is 0. The zero-order valence-corrected chi connectivity index (χ0v) is 12.7. The van der Waals surface area contributed by atoms with Crippen LogP contribution in [0.15, 0.2) is 53.3 Å². The van der Waals surface area contributed by atoms with E-state index in [2.05, 4.69) is 4.98 Å². The van der Waals surface area contributed by atoms with Crippen LogP contribution in [-0.2, 0) is 6.54 Å². The van der Waals surface area contributed by atoms with Gasteiger partial charge in [0.1, 0.15) is 5.82 Å². The Bertz CT molecular complexity index is 1050. The largest absolute Gasteiger partial charge is 0.325 e. The summed E-state index contributed by atoms with van der Waals surface area (Å²) in [5.74, 6) is 0.678. The first-order chi connectivity index (χ1) is 11.6. The van der Waals surface area contributed by atoms with Gasteiger partial charge in [0.25, 0.3) is 11.2 Å². The van der Waals surface area contributed by atoms with Crippen LogP contribution in [0, 0.1) is 10.1 Å². The number of aryl methyl sites for hydroxylation is 1. The van der Waals surface area contributed by atoms with Crippen LogP contribution >= 0.6 is 0 Å². The molecule has 4 rings (SSSR count). The zero-order chi connectivity index (χ0) is 16.7. The van der Waals surface area contributed by atoms with E-state index in [9.17, 15) is 14.9 Å². The van der Waals surface area contributed by atoms with Crippen molar-refractivity contribution >= 4 is 28.2 Å². The van der Waals surface area contributed by atoms with E-state index in [1.54, 1.807) is 18.2 Å². The standard InChI is InChI=1S/C18H13N3O3/c22-18-15-3-1-2-4-16(15)20-10-9-13(17(20)19-18)11-12-5-7-14(8-6-12)21(23)24/h1-8,11H,9-10H2. The number of allylic oxidation sites excluding steroid dienone is 1. The van der Waals surface area contributed by atoms with Crippen molar-refractivity contribution < 1.29 is 4.92 Å². The van der Waals surface area contributed by atoms with E-state index in [0.29, 0.717) is 11.2 Å². The topological polar surface area (TPSA) is 78.0 Å². The van der Waals surface area contributed by atoms with Gasteiger partial charge in [-0.05, 0) is 47.9 Å². The molecule has 0 atom stereocenters. The summed E-state index contributed by atoms with van der Waals surface area (Å²) in [5.41, 5.74) is 2.54. The van der Waals surface area contributed by atoms with Crippen LogP contribution in [-0.4, -0.2) is 14.5 Å². The summed E-state index contributed by atoms with van der Waals surface area (Å²) >= 11 is 0. The van der Waals surface area contributed by atoms with Crippen molar-refractivity contribution in [1.82, 2.24) is 9.55 Å². The van der Waals surface area contributed by atoms with E-state index in [4.69, 9.17) is 0 Å². The van der Waals surface area contributed by atoms with Crippen LogP contribution in [0.1, 0.15) is 17.8 Å². The highest BCUT2D eigenvalue weighted by molar-refractivity contribution is 5.85. The van der Waals surface area contributed by atoms with Crippen LogP contribution in [0.25, 0.3) is 22.6 Å². The Balaban J connectivity index is 1.81. The number of hydrogen-bond donors (Lipinski definition) is 0. The molecule has 1 aromatic heterocycles. The molecule has 118 valence electrons. The van der Waals surface area contributed by atoms with Crippen molar-refractivity contribution in [3.05, 3.63) is 80.4 Å². The Labute approximate surface area is 136 Å². The highest BCUT2D eigenvalue weighted by Crippen LogP contribution is 2.29. The normalized spacial score (nSPS) is 14.9. The quantitative estimate of drug-likeness (QED) is 0.536. The number of fused-ring (bicyclic) bond motifs is 3. The van der Waals surface area contributed by atoms with Gasteiger partial charge in [0, 0.05) is 18.7 Å². The Kier molecular flexibility index (Phi) is 3.23. The molecule has 1 aliphatic heterocycles. The molecule has 6 heteroatoms. The second kappa shape index (κ2) is 5.42. The lowest BCUT2D eigenvalue weighted by molar-refractivity contribution is -0.384. The molecule has 2 heterocycles. The summed E-state index contributed by atoms with van der Waals surface area (Å²) in [6.07, 6.45) is 2.71. The maximum Gasteiger partial charge on any atom is 0.281 e. The molecule has 6 nitrogen and oxygen atoms in total. The molecule has 0 saturated heterocycles. The van der Waals surface area contributed by atoms with Crippen LogP contribution in [0.4, 0.5) is 5.69 Å². The van der Waals surface area contributed by atoms with E-state index in [0.717, 1.165) is 29.6 Å². The van der Waals surface area contributed by atoms with E-state index in [-0.39, 0.29) is 11.2 Å². The monoisotopic (exact) mass is 319 g/mol. The van der Waals surface area contributed by atoms with Gasteiger partial charge in [-0.2, -0.15) is 4.98 Å². The highest BCUT2D eigenvalue weighted by atomic mass is 16.6. The Morgan fingerprint density at radius 2 is 1.88 bits per heavy atom. The number of rotatable bonds is 2. The fraction of sp³-hybridized carbons (Fsp3) is 0.111. The SMILES string of the molecule is O=c1nc2n(c3ccccc13)CCC2=Cc1ccc([N+](=O)[O-])cc1. The van der Waals surface area contributed by atoms with Gasteiger partial charge >= 0.3 is 0 Å². The van der Waals surface area contributed by atoms with Crippen molar-refractivity contribution in [2.45, 2.75) is 13.0 Å². The Morgan fingerprint density at radius 1 is 1.12 bits per heavy atom. The first-order valence-electron chi connectivity index (χ1n) is 7.58.